The standard InChI is InChI=1S/C13H9ClF4S/c14-11(5-8-3-4-19-7-8)9-1-2-12(15)10(6-9)13(16,17)18/h1-4,6-7,11H,5H2. The Balaban J connectivity index is 2.25. The Kier molecular flexibility index (Phi) is 4.16. The van der Waals surface area contributed by atoms with Gasteiger partial charge in [0, 0.05) is 0 Å². The number of benzene rings is 1. The fraction of sp³-hybridized carbons (Fsp3) is 0.231. The number of rotatable bonds is 3. The summed E-state index contributed by atoms with van der Waals surface area (Å²) in [6.07, 6.45) is -4.30. The second kappa shape index (κ2) is 5.51. The van der Waals surface area contributed by atoms with Gasteiger partial charge >= 0.3 is 6.18 Å². The fourth-order valence-electron chi connectivity index (χ4n) is 1.69. The number of thiophene rings is 1. The Hall–Kier alpha value is -1.07. The molecule has 0 spiro atoms. The average molecular weight is 309 g/mol. The van der Waals surface area contributed by atoms with Gasteiger partial charge in [-0.15, -0.1) is 11.6 Å². The summed E-state index contributed by atoms with van der Waals surface area (Å²) in [5.74, 6) is -1.28. The molecule has 0 amide bonds. The fourth-order valence-corrected chi connectivity index (χ4v) is 2.68. The molecule has 0 saturated carbocycles. The maximum atomic E-state index is 13.1. The molecule has 0 saturated heterocycles. The molecule has 0 aliphatic carbocycles. The Morgan fingerprint density at radius 3 is 2.53 bits per heavy atom. The molecule has 0 nitrogen and oxygen atoms in total. The Morgan fingerprint density at radius 1 is 1.21 bits per heavy atom. The molecule has 102 valence electrons. The molecule has 19 heavy (non-hydrogen) atoms. The minimum Gasteiger partial charge on any atom is -0.206 e. The summed E-state index contributed by atoms with van der Waals surface area (Å²) in [6, 6.07) is 4.73. The average Bonchev–Trinajstić information content (AvgIpc) is 2.80. The first-order chi connectivity index (χ1) is 8.88. The smallest absolute Gasteiger partial charge is 0.206 e. The van der Waals surface area contributed by atoms with Crippen LogP contribution in [0.2, 0.25) is 0 Å². The summed E-state index contributed by atoms with van der Waals surface area (Å²) in [6.45, 7) is 0. The second-order valence-corrected chi connectivity index (χ2v) is 5.35. The maximum Gasteiger partial charge on any atom is 0.419 e. The van der Waals surface area contributed by atoms with Crippen molar-refractivity contribution < 1.29 is 17.6 Å². The van der Waals surface area contributed by atoms with Crippen molar-refractivity contribution in [2.24, 2.45) is 0 Å². The van der Waals surface area contributed by atoms with Crippen LogP contribution in [0.3, 0.4) is 0 Å². The SMILES string of the molecule is Fc1ccc(C(Cl)Cc2ccsc2)cc1C(F)(F)F. The summed E-state index contributed by atoms with van der Waals surface area (Å²) in [7, 11) is 0. The van der Waals surface area contributed by atoms with E-state index in [0.717, 1.165) is 17.7 Å². The zero-order valence-electron chi connectivity index (χ0n) is 9.55. The Labute approximate surface area is 116 Å². The minimum atomic E-state index is -4.71. The van der Waals surface area contributed by atoms with Gasteiger partial charge in [-0.25, -0.2) is 4.39 Å². The van der Waals surface area contributed by atoms with Crippen LogP contribution in [0.1, 0.15) is 22.1 Å². The number of hydrogen-bond donors (Lipinski definition) is 0. The quantitative estimate of drug-likeness (QED) is 0.524. The van der Waals surface area contributed by atoms with Crippen LogP contribution in [-0.4, -0.2) is 0 Å². The second-order valence-electron chi connectivity index (χ2n) is 4.04. The first kappa shape index (κ1) is 14.3. The highest BCUT2D eigenvalue weighted by Gasteiger charge is 2.34. The van der Waals surface area contributed by atoms with Crippen molar-refractivity contribution in [2.45, 2.75) is 18.0 Å². The van der Waals surface area contributed by atoms with E-state index in [1.165, 1.54) is 17.4 Å². The maximum absolute atomic E-state index is 13.1. The van der Waals surface area contributed by atoms with E-state index in [1.807, 2.05) is 16.8 Å². The molecule has 1 heterocycles. The molecule has 1 unspecified atom stereocenters. The summed E-state index contributed by atoms with van der Waals surface area (Å²) in [4.78, 5) is 0. The molecule has 0 aliphatic heterocycles. The van der Waals surface area contributed by atoms with E-state index >= 15 is 0 Å². The highest BCUT2D eigenvalue weighted by Crippen LogP contribution is 2.35. The van der Waals surface area contributed by atoms with E-state index in [-0.39, 0.29) is 5.56 Å². The highest BCUT2D eigenvalue weighted by molar-refractivity contribution is 7.07. The van der Waals surface area contributed by atoms with E-state index in [9.17, 15) is 17.6 Å². The first-order valence-corrected chi connectivity index (χ1v) is 6.77. The van der Waals surface area contributed by atoms with Gasteiger partial charge in [0.05, 0.1) is 10.9 Å². The zero-order chi connectivity index (χ0) is 14.0. The molecular formula is C13H9ClF4S. The van der Waals surface area contributed by atoms with E-state index in [4.69, 9.17) is 11.6 Å². The van der Waals surface area contributed by atoms with E-state index in [2.05, 4.69) is 0 Å². The summed E-state index contributed by atoms with van der Waals surface area (Å²) >= 11 is 7.57. The third-order valence-electron chi connectivity index (χ3n) is 2.65. The van der Waals surface area contributed by atoms with Gasteiger partial charge in [0.1, 0.15) is 5.82 Å². The number of hydrogen-bond acceptors (Lipinski definition) is 1. The van der Waals surface area contributed by atoms with Crippen LogP contribution in [0.25, 0.3) is 0 Å². The number of alkyl halides is 4. The van der Waals surface area contributed by atoms with Gasteiger partial charge in [-0.1, -0.05) is 6.07 Å². The summed E-state index contributed by atoms with van der Waals surface area (Å²) < 4.78 is 50.9. The van der Waals surface area contributed by atoms with Crippen LogP contribution in [0.4, 0.5) is 17.6 Å². The van der Waals surface area contributed by atoms with Gasteiger partial charge in [0.25, 0.3) is 0 Å². The third kappa shape index (κ3) is 3.48. The van der Waals surface area contributed by atoms with E-state index < -0.39 is 22.9 Å². The molecular weight excluding hydrogens is 300 g/mol. The molecule has 0 bridgehead atoms. The van der Waals surface area contributed by atoms with Gasteiger partial charge in [0.15, 0.2) is 0 Å². The van der Waals surface area contributed by atoms with Crippen molar-refractivity contribution in [3.8, 4) is 0 Å². The molecule has 0 fully saturated rings. The Bertz CT molecular complexity index is 548. The van der Waals surface area contributed by atoms with Crippen LogP contribution in [0.15, 0.2) is 35.0 Å². The molecule has 0 radical (unpaired) electrons. The van der Waals surface area contributed by atoms with Crippen molar-refractivity contribution in [3.63, 3.8) is 0 Å². The molecule has 2 rings (SSSR count). The minimum absolute atomic E-state index is 0.265. The topological polar surface area (TPSA) is 0 Å². The van der Waals surface area contributed by atoms with Gasteiger partial charge in [-0.05, 0) is 46.5 Å². The third-order valence-corrected chi connectivity index (χ3v) is 3.79. The molecule has 1 aromatic heterocycles. The van der Waals surface area contributed by atoms with Crippen LogP contribution in [-0.2, 0) is 12.6 Å². The van der Waals surface area contributed by atoms with Crippen molar-refractivity contribution in [2.75, 3.05) is 0 Å². The largest absolute Gasteiger partial charge is 0.419 e. The predicted octanol–water partition coefficient (Wildman–Crippen LogP) is 5.43. The van der Waals surface area contributed by atoms with Crippen LogP contribution in [0.5, 0.6) is 0 Å². The molecule has 1 atom stereocenters. The van der Waals surface area contributed by atoms with Gasteiger partial charge in [0.2, 0.25) is 0 Å². The monoisotopic (exact) mass is 308 g/mol. The lowest BCUT2D eigenvalue weighted by molar-refractivity contribution is -0.140. The Morgan fingerprint density at radius 2 is 1.95 bits per heavy atom. The van der Waals surface area contributed by atoms with Crippen molar-refractivity contribution >= 4 is 22.9 Å². The van der Waals surface area contributed by atoms with E-state index in [1.54, 1.807) is 0 Å². The van der Waals surface area contributed by atoms with Crippen molar-refractivity contribution in [3.05, 3.63) is 57.5 Å². The summed E-state index contributed by atoms with van der Waals surface area (Å²) in [5, 5.41) is 3.13. The lowest BCUT2D eigenvalue weighted by Gasteiger charge is -2.13. The first-order valence-electron chi connectivity index (χ1n) is 5.39. The molecule has 1 aromatic carbocycles. The van der Waals surface area contributed by atoms with Crippen LogP contribution in [0, 0.1) is 5.82 Å². The van der Waals surface area contributed by atoms with Crippen molar-refractivity contribution in [1.29, 1.82) is 0 Å². The lowest BCUT2D eigenvalue weighted by atomic mass is 10.0. The van der Waals surface area contributed by atoms with Crippen LogP contribution < -0.4 is 0 Å². The zero-order valence-corrected chi connectivity index (χ0v) is 11.1. The number of halogens is 5. The van der Waals surface area contributed by atoms with Gasteiger partial charge in [-0.2, -0.15) is 24.5 Å². The molecule has 2 aromatic rings. The van der Waals surface area contributed by atoms with Crippen LogP contribution >= 0.6 is 22.9 Å². The predicted molar refractivity (Wildman–Crippen MR) is 68.0 cm³/mol. The van der Waals surface area contributed by atoms with Gasteiger partial charge in [-0.3, -0.25) is 0 Å². The molecule has 0 N–H and O–H groups in total. The molecule has 0 aliphatic rings. The van der Waals surface area contributed by atoms with E-state index in [0.29, 0.717) is 6.42 Å². The highest BCUT2D eigenvalue weighted by atomic mass is 35.5. The molecule has 6 heteroatoms. The lowest BCUT2D eigenvalue weighted by Crippen LogP contribution is -2.09. The summed E-state index contributed by atoms with van der Waals surface area (Å²) in [5.41, 5.74) is -0.0644. The normalized spacial score (nSPS) is 13.5. The van der Waals surface area contributed by atoms with Crippen molar-refractivity contribution in [1.82, 2.24) is 0 Å². The van der Waals surface area contributed by atoms with Gasteiger partial charge < -0.3 is 0 Å².